The summed E-state index contributed by atoms with van der Waals surface area (Å²) in [6.45, 7) is 1.71. The van der Waals surface area contributed by atoms with Crippen LogP contribution in [0.5, 0.6) is 11.5 Å². The molecular formula is C12H15NO5. The predicted molar refractivity (Wildman–Crippen MR) is 64.1 cm³/mol. The monoisotopic (exact) mass is 253 g/mol. The van der Waals surface area contributed by atoms with Gasteiger partial charge in [0.2, 0.25) is 0 Å². The average Bonchev–Trinajstić information content (AvgIpc) is 2.36. The zero-order valence-electron chi connectivity index (χ0n) is 10.2. The molecule has 0 bridgehead atoms. The molecule has 2 N–H and O–H groups in total. The van der Waals surface area contributed by atoms with Crippen molar-refractivity contribution >= 4 is 11.9 Å². The number of amides is 1. The van der Waals surface area contributed by atoms with Crippen LogP contribution in [0.1, 0.15) is 17.3 Å². The summed E-state index contributed by atoms with van der Waals surface area (Å²) in [5.41, 5.74) is 0.248. The van der Waals surface area contributed by atoms with Crippen LogP contribution in [-0.4, -0.2) is 37.2 Å². The molecule has 0 fully saturated rings. The molecule has 0 spiro atoms. The van der Waals surface area contributed by atoms with Gasteiger partial charge >= 0.3 is 5.97 Å². The maximum atomic E-state index is 11.8. The topological polar surface area (TPSA) is 84.9 Å². The van der Waals surface area contributed by atoms with Crippen LogP contribution in [0, 0.1) is 0 Å². The van der Waals surface area contributed by atoms with Crippen molar-refractivity contribution in [2.45, 2.75) is 6.92 Å². The van der Waals surface area contributed by atoms with E-state index in [9.17, 15) is 9.59 Å². The molecule has 6 heteroatoms. The van der Waals surface area contributed by atoms with Gasteiger partial charge in [0.1, 0.15) is 6.54 Å². The number of hydrogen-bond acceptors (Lipinski definition) is 4. The average molecular weight is 253 g/mol. The van der Waals surface area contributed by atoms with Gasteiger partial charge in [-0.15, -0.1) is 0 Å². The van der Waals surface area contributed by atoms with Crippen molar-refractivity contribution < 1.29 is 24.2 Å². The van der Waals surface area contributed by atoms with Crippen molar-refractivity contribution in [2.24, 2.45) is 0 Å². The molecule has 1 rings (SSSR count). The van der Waals surface area contributed by atoms with E-state index in [4.69, 9.17) is 14.6 Å². The van der Waals surface area contributed by atoms with Crippen molar-refractivity contribution in [3.8, 4) is 11.5 Å². The number of carbonyl (C=O) groups excluding carboxylic acids is 1. The molecule has 0 radical (unpaired) electrons. The predicted octanol–water partition coefficient (Wildman–Crippen LogP) is 0.908. The third kappa shape index (κ3) is 3.38. The van der Waals surface area contributed by atoms with E-state index in [1.165, 1.54) is 7.11 Å². The Hall–Kier alpha value is -2.24. The second-order valence-electron chi connectivity index (χ2n) is 3.35. The van der Waals surface area contributed by atoms with Crippen molar-refractivity contribution in [2.75, 3.05) is 20.3 Å². The molecule has 1 amide bonds. The van der Waals surface area contributed by atoms with Crippen LogP contribution < -0.4 is 14.8 Å². The van der Waals surface area contributed by atoms with Crippen molar-refractivity contribution in [3.05, 3.63) is 23.8 Å². The fraction of sp³-hybridized carbons (Fsp3) is 0.333. The molecule has 0 saturated heterocycles. The van der Waals surface area contributed by atoms with E-state index in [1.807, 2.05) is 0 Å². The standard InChI is InChI=1S/C12H15NO5/c1-3-18-11-8(5-4-6-9(11)17-2)12(16)13-7-10(14)15/h4-6H,3,7H2,1-2H3,(H,13,16)(H,14,15). The molecule has 1 aromatic carbocycles. The Bertz CT molecular complexity index is 444. The first kappa shape index (κ1) is 13.8. The first-order chi connectivity index (χ1) is 8.60. The number of carboxylic acid groups (broad SMARTS) is 1. The zero-order chi connectivity index (χ0) is 13.5. The number of para-hydroxylation sites is 1. The van der Waals surface area contributed by atoms with Gasteiger partial charge in [0.15, 0.2) is 11.5 Å². The highest BCUT2D eigenvalue weighted by atomic mass is 16.5. The number of carboxylic acids is 1. The summed E-state index contributed by atoms with van der Waals surface area (Å²) in [5, 5.41) is 10.8. The van der Waals surface area contributed by atoms with E-state index in [2.05, 4.69) is 5.32 Å². The minimum atomic E-state index is -1.11. The number of ether oxygens (including phenoxy) is 2. The lowest BCUT2D eigenvalue weighted by Gasteiger charge is -2.13. The molecule has 6 nitrogen and oxygen atoms in total. The van der Waals surface area contributed by atoms with Crippen LogP contribution in [0.4, 0.5) is 0 Å². The lowest BCUT2D eigenvalue weighted by Crippen LogP contribution is -2.29. The van der Waals surface area contributed by atoms with Crippen LogP contribution >= 0.6 is 0 Å². The largest absolute Gasteiger partial charge is 0.493 e. The van der Waals surface area contributed by atoms with E-state index in [0.717, 1.165) is 0 Å². The smallest absolute Gasteiger partial charge is 0.322 e. The number of hydrogen-bond donors (Lipinski definition) is 2. The zero-order valence-corrected chi connectivity index (χ0v) is 10.2. The molecule has 18 heavy (non-hydrogen) atoms. The van der Waals surface area contributed by atoms with Gasteiger partial charge in [-0.05, 0) is 19.1 Å². The molecule has 98 valence electrons. The summed E-state index contributed by atoms with van der Waals surface area (Å²) in [6.07, 6.45) is 0. The molecular weight excluding hydrogens is 238 g/mol. The number of rotatable bonds is 6. The second kappa shape index (κ2) is 6.48. The number of methoxy groups -OCH3 is 1. The summed E-state index contributed by atoms with van der Waals surface area (Å²) >= 11 is 0. The Morgan fingerprint density at radius 2 is 2.11 bits per heavy atom. The maximum Gasteiger partial charge on any atom is 0.322 e. The molecule has 0 heterocycles. The number of carbonyl (C=O) groups is 2. The lowest BCUT2D eigenvalue weighted by atomic mass is 10.1. The van der Waals surface area contributed by atoms with Crippen molar-refractivity contribution in [3.63, 3.8) is 0 Å². The van der Waals surface area contributed by atoms with Gasteiger partial charge in [-0.3, -0.25) is 9.59 Å². The quantitative estimate of drug-likeness (QED) is 0.787. The summed E-state index contributed by atoms with van der Waals surface area (Å²) in [4.78, 5) is 22.2. The van der Waals surface area contributed by atoms with Gasteiger partial charge in [-0.25, -0.2) is 0 Å². The van der Waals surface area contributed by atoms with Crippen LogP contribution in [0.2, 0.25) is 0 Å². The SMILES string of the molecule is CCOc1c(OC)cccc1C(=O)NCC(=O)O. The third-order valence-electron chi connectivity index (χ3n) is 2.13. The van der Waals surface area contributed by atoms with Gasteiger partial charge in [0, 0.05) is 0 Å². The van der Waals surface area contributed by atoms with E-state index in [1.54, 1.807) is 25.1 Å². The maximum absolute atomic E-state index is 11.8. The second-order valence-corrected chi connectivity index (χ2v) is 3.35. The molecule has 0 aromatic heterocycles. The van der Waals surface area contributed by atoms with Crippen LogP contribution in [-0.2, 0) is 4.79 Å². The fourth-order valence-corrected chi connectivity index (χ4v) is 1.40. The van der Waals surface area contributed by atoms with E-state index >= 15 is 0 Å². The normalized spacial score (nSPS) is 9.67. The van der Waals surface area contributed by atoms with Gasteiger partial charge < -0.3 is 19.9 Å². The van der Waals surface area contributed by atoms with E-state index in [0.29, 0.717) is 18.1 Å². The number of benzene rings is 1. The fourth-order valence-electron chi connectivity index (χ4n) is 1.40. The molecule has 0 aliphatic carbocycles. The minimum Gasteiger partial charge on any atom is -0.493 e. The van der Waals surface area contributed by atoms with Crippen LogP contribution in [0.3, 0.4) is 0 Å². The van der Waals surface area contributed by atoms with Crippen LogP contribution in [0.25, 0.3) is 0 Å². The Morgan fingerprint density at radius 3 is 2.67 bits per heavy atom. The third-order valence-corrected chi connectivity index (χ3v) is 2.13. The Kier molecular flexibility index (Phi) is 4.98. The number of nitrogens with one attached hydrogen (secondary N) is 1. The highest BCUT2D eigenvalue weighted by molar-refractivity contribution is 5.99. The Labute approximate surface area is 105 Å². The molecule has 0 aliphatic rings. The van der Waals surface area contributed by atoms with Crippen molar-refractivity contribution in [1.82, 2.24) is 5.32 Å². The molecule has 1 aromatic rings. The van der Waals surface area contributed by atoms with Gasteiger partial charge in [0.05, 0.1) is 19.3 Å². The Morgan fingerprint density at radius 1 is 1.39 bits per heavy atom. The number of aliphatic carboxylic acids is 1. The highest BCUT2D eigenvalue weighted by Crippen LogP contribution is 2.30. The molecule has 0 aliphatic heterocycles. The minimum absolute atomic E-state index is 0.248. The van der Waals surface area contributed by atoms with E-state index in [-0.39, 0.29) is 5.56 Å². The van der Waals surface area contributed by atoms with E-state index < -0.39 is 18.4 Å². The van der Waals surface area contributed by atoms with Gasteiger partial charge in [0.25, 0.3) is 5.91 Å². The van der Waals surface area contributed by atoms with Gasteiger partial charge in [-0.1, -0.05) is 6.07 Å². The molecule has 0 saturated carbocycles. The lowest BCUT2D eigenvalue weighted by molar-refractivity contribution is -0.135. The summed E-state index contributed by atoms with van der Waals surface area (Å²) in [7, 11) is 1.47. The highest BCUT2D eigenvalue weighted by Gasteiger charge is 2.17. The Balaban J connectivity index is 2.99. The first-order valence-electron chi connectivity index (χ1n) is 5.40. The molecule has 0 atom stereocenters. The van der Waals surface area contributed by atoms with Crippen LogP contribution in [0.15, 0.2) is 18.2 Å². The summed E-state index contributed by atoms with van der Waals surface area (Å²) < 4.78 is 10.4. The van der Waals surface area contributed by atoms with Crippen molar-refractivity contribution in [1.29, 1.82) is 0 Å². The summed E-state index contributed by atoms with van der Waals surface area (Å²) in [5.74, 6) is -0.880. The first-order valence-corrected chi connectivity index (χ1v) is 5.40. The summed E-state index contributed by atoms with van der Waals surface area (Å²) in [6, 6.07) is 4.85. The van der Waals surface area contributed by atoms with Gasteiger partial charge in [-0.2, -0.15) is 0 Å². The molecule has 0 unspecified atom stereocenters.